The molecule has 0 bridgehead atoms. The van der Waals surface area contributed by atoms with Gasteiger partial charge in [0.25, 0.3) is 0 Å². The maximum atomic E-state index is 4.94. The van der Waals surface area contributed by atoms with E-state index < -0.39 is 0 Å². The molecule has 15 heavy (non-hydrogen) atoms. The molecule has 1 aromatic carbocycles. The molecule has 0 spiro atoms. The molecule has 0 unspecified atom stereocenters. The van der Waals surface area contributed by atoms with Crippen LogP contribution in [0.2, 0.25) is 0 Å². The Balaban J connectivity index is 0. The number of ether oxygens (including phenoxy) is 2. The summed E-state index contributed by atoms with van der Waals surface area (Å²) in [5.41, 5.74) is 0. The van der Waals surface area contributed by atoms with Gasteiger partial charge in [0.1, 0.15) is 0 Å². The molecule has 0 amide bonds. The van der Waals surface area contributed by atoms with Gasteiger partial charge in [0.05, 0.1) is 7.11 Å². The Morgan fingerprint density at radius 2 is 1.73 bits per heavy atom. The van der Waals surface area contributed by atoms with Gasteiger partial charge in [0.15, 0.2) is 0 Å². The fourth-order valence-corrected chi connectivity index (χ4v) is 1.02. The molecule has 1 heterocycles. The van der Waals surface area contributed by atoms with E-state index in [4.69, 9.17) is 9.47 Å². The first-order valence-electron chi connectivity index (χ1n) is 4.51. The second kappa shape index (κ2) is 12.3. The first-order valence-corrected chi connectivity index (χ1v) is 4.51. The predicted molar refractivity (Wildman–Crippen MR) is 57.6 cm³/mol. The molecule has 0 aromatic heterocycles. The van der Waals surface area contributed by atoms with Crippen LogP contribution in [-0.4, -0.2) is 43.4 Å². The van der Waals surface area contributed by atoms with Crippen LogP contribution >= 0.6 is 0 Å². The Kier molecular flexibility index (Phi) is 14.4. The van der Waals surface area contributed by atoms with Gasteiger partial charge in [-0.25, -0.2) is 0 Å². The van der Waals surface area contributed by atoms with Crippen LogP contribution in [0.5, 0.6) is 5.75 Å². The van der Waals surface area contributed by atoms with Gasteiger partial charge in [-0.15, -0.1) is 12.1 Å². The molecule has 0 saturated carbocycles. The van der Waals surface area contributed by atoms with E-state index in [1.54, 1.807) is 7.11 Å². The third-order valence-electron chi connectivity index (χ3n) is 1.75. The molecule has 1 aromatic rings. The van der Waals surface area contributed by atoms with E-state index in [-0.39, 0.29) is 40.0 Å². The van der Waals surface area contributed by atoms with Gasteiger partial charge in [-0.2, -0.15) is 18.2 Å². The van der Waals surface area contributed by atoms with Crippen molar-refractivity contribution in [2.24, 2.45) is 0 Å². The van der Waals surface area contributed by atoms with Crippen molar-refractivity contribution < 1.29 is 26.5 Å². The van der Waals surface area contributed by atoms with Gasteiger partial charge in [0, 0.05) is 19.0 Å². The fourth-order valence-electron chi connectivity index (χ4n) is 1.02. The number of methoxy groups -OCH3 is 1. The van der Waals surface area contributed by atoms with Crippen LogP contribution in [0.25, 0.3) is 0 Å². The number of hydrogen-bond acceptors (Lipinski definition) is 2. The summed E-state index contributed by atoms with van der Waals surface area (Å²) >= 11 is 0. The summed E-state index contributed by atoms with van der Waals surface area (Å²) in [6.07, 6.45) is 2.56. The van der Waals surface area contributed by atoms with Gasteiger partial charge in [-0.3, -0.25) is 0 Å². The first kappa shape index (κ1) is 17.6. The summed E-state index contributed by atoms with van der Waals surface area (Å²) in [5.74, 6) is 0.878. The zero-order valence-corrected chi connectivity index (χ0v) is 12.0. The van der Waals surface area contributed by atoms with E-state index in [9.17, 15) is 0 Å². The molecule has 2 nitrogen and oxygen atoms in total. The van der Waals surface area contributed by atoms with Gasteiger partial charge in [-0.05, 0) is 12.8 Å². The van der Waals surface area contributed by atoms with Crippen LogP contribution in [0.1, 0.15) is 12.8 Å². The number of benzene rings is 1. The average molecular weight is 283 g/mol. The summed E-state index contributed by atoms with van der Waals surface area (Å²) in [5, 5.41) is 0. The molecule has 80 valence electrons. The van der Waals surface area contributed by atoms with Crippen LogP contribution in [0, 0.1) is 6.07 Å². The Morgan fingerprint density at radius 3 is 2.00 bits per heavy atom. The van der Waals surface area contributed by atoms with Crippen LogP contribution in [0.4, 0.5) is 0 Å². The Labute approximate surface area is 118 Å². The van der Waals surface area contributed by atoms with Crippen molar-refractivity contribution in [1.29, 1.82) is 0 Å². The molecule has 1 aliphatic heterocycles. The Bertz CT molecular complexity index is 207. The minimum atomic E-state index is 0. The van der Waals surface area contributed by atoms with Crippen molar-refractivity contribution in [2.75, 3.05) is 20.3 Å². The standard InChI is InChI=1S/C7H7O.C4H8O.BrH.Mg/c1-8-7-5-3-2-4-6-7;1-2-4-5-3-1;;/h3-6H,1H3;1-4H2;1H;/q-1;;;+2/p-1. The van der Waals surface area contributed by atoms with Crippen molar-refractivity contribution >= 4 is 23.1 Å². The predicted octanol–water partition coefficient (Wildman–Crippen LogP) is -1.08. The summed E-state index contributed by atoms with van der Waals surface area (Å²) in [7, 11) is 1.65. The Hall–Kier alpha value is 0.226. The number of hydrogen-bond donors (Lipinski definition) is 0. The fraction of sp³-hybridized carbons (Fsp3) is 0.455. The van der Waals surface area contributed by atoms with Crippen LogP contribution < -0.4 is 21.7 Å². The Morgan fingerprint density at radius 1 is 1.20 bits per heavy atom. The normalized spacial score (nSPS) is 12.6. The first-order chi connectivity index (χ1) is 6.43. The summed E-state index contributed by atoms with van der Waals surface area (Å²) in [6.45, 7) is 2.00. The van der Waals surface area contributed by atoms with Crippen LogP contribution in [0.3, 0.4) is 0 Å². The molecule has 2 rings (SSSR count). The van der Waals surface area contributed by atoms with E-state index in [0.29, 0.717) is 0 Å². The zero-order chi connectivity index (χ0) is 9.36. The topological polar surface area (TPSA) is 18.5 Å². The summed E-state index contributed by atoms with van der Waals surface area (Å²) in [6, 6.07) is 10.2. The molecule has 1 saturated heterocycles. The summed E-state index contributed by atoms with van der Waals surface area (Å²) < 4.78 is 9.84. The molecule has 4 heteroatoms. The van der Waals surface area contributed by atoms with Crippen LogP contribution in [-0.2, 0) is 4.74 Å². The average Bonchev–Trinajstić information content (AvgIpc) is 2.77. The minimum absolute atomic E-state index is 0. The number of rotatable bonds is 1. The molecule has 0 radical (unpaired) electrons. The molecular formula is C11H15BrMgO2. The van der Waals surface area contributed by atoms with E-state index in [0.717, 1.165) is 19.0 Å². The second-order valence-corrected chi connectivity index (χ2v) is 2.76. The van der Waals surface area contributed by atoms with E-state index >= 15 is 0 Å². The maximum Gasteiger partial charge on any atom is 2.00 e. The van der Waals surface area contributed by atoms with E-state index in [2.05, 4.69) is 6.07 Å². The maximum absolute atomic E-state index is 4.94. The van der Waals surface area contributed by atoms with Gasteiger partial charge < -0.3 is 26.5 Å². The van der Waals surface area contributed by atoms with Crippen molar-refractivity contribution in [3.05, 3.63) is 30.3 Å². The quantitative estimate of drug-likeness (QED) is 0.482. The van der Waals surface area contributed by atoms with Crippen molar-refractivity contribution in [3.63, 3.8) is 0 Å². The minimum Gasteiger partial charge on any atom is -1.00 e. The van der Waals surface area contributed by atoms with Gasteiger partial charge in [-0.1, -0.05) is 0 Å². The smallest absolute Gasteiger partial charge is 1.00 e. The third-order valence-corrected chi connectivity index (χ3v) is 1.75. The summed E-state index contributed by atoms with van der Waals surface area (Å²) in [4.78, 5) is 0. The van der Waals surface area contributed by atoms with Crippen molar-refractivity contribution in [1.82, 2.24) is 0 Å². The van der Waals surface area contributed by atoms with Gasteiger partial charge >= 0.3 is 23.1 Å². The third kappa shape index (κ3) is 9.17. The van der Waals surface area contributed by atoms with Gasteiger partial charge in [0.2, 0.25) is 0 Å². The molecule has 0 aliphatic carbocycles. The zero-order valence-electron chi connectivity index (χ0n) is 9.04. The second-order valence-electron chi connectivity index (χ2n) is 2.76. The van der Waals surface area contributed by atoms with E-state index in [1.165, 1.54) is 12.8 Å². The van der Waals surface area contributed by atoms with Crippen LogP contribution in [0.15, 0.2) is 24.3 Å². The van der Waals surface area contributed by atoms with Crippen molar-refractivity contribution in [2.45, 2.75) is 12.8 Å². The number of halogens is 1. The monoisotopic (exact) mass is 282 g/mol. The molecular weight excluding hydrogens is 268 g/mol. The molecule has 1 aliphatic rings. The molecule has 0 atom stereocenters. The van der Waals surface area contributed by atoms with E-state index in [1.807, 2.05) is 24.3 Å². The largest absolute Gasteiger partial charge is 2.00 e. The molecule has 0 N–H and O–H groups in total. The van der Waals surface area contributed by atoms with Crippen molar-refractivity contribution in [3.8, 4) is 5.75 Å². The SMILES string of the molecule is C1CCOC1.COc1cc[c-]cc1.[Br-].[Mg+2]. The molecule has 1 fully saturated rings.